The third-order valence-electron chi connectivity index (χ3n) is 4.65. The Morgan fingerprint density at radius 2 is 1.92 bits per heavy atom. The second kappa shape index (κ2) is 6.40. The predicted molar refractivity (Wildman–Crippen MR) is 90.4 cm³/mol. The molecule has 2 saturated heterocycles. The van der Waals surface area contributed by atoms with Crippen molar-refractivity contribution in [3.05, 3.63) is 23.8 Å². The van der Waals surface area contributed by atoms with Gasteiger partial charge < -0.3 is 4.90 Å². The van der Waals surface area contributed by atoms with E-state index in [0.717, 1.165) is 12.2 Å². The van der Waals surface area contributed by atoms with Gasteiger partial charge in [-0.15, -0.1) is 0 Å². The number of hydrogen-bond acceptors (Lipinski definition) is 6. The van der Waals surface area contributed by atoms with Gasteiger partial charge in [-0.05, 0) is 12.8 Å². The molecule has 3 rings (SSSR count). The summed E-state index contributed by atoms with van der Waals surface area (Å²) < 4.78 is 24.4. The Bertz CT molecular complexity index is 717. The normalized spacial score (nSPS) is 26.6. The zero-order valence-electron chi connectivity index (χ0n) is 14.3. The van der Waals surface area contributed by atoms with E-state index < -0.39 is 9.84 Å². The van der Waals surface area contributed by atoms with Gasteiger partial charge in [0.15, 0.2) is 9.84 Å². The molecular weight excluding hydrogens is 328 g/mol. The summed E-state index contributed by atoms with van der Waals surface area (Å²) in [5, 5.41) is 0. The lowest BCUT2D eigenvalue weighted by molar-refractivity contribution is 0.0292. The lowest BCUT2D eigenvalue weighted by Gasteiger charge is -2.44. The molecule has 0 N–H and O–H groups in total. The van der Waals surface area contributed by atoms with Crippen molar-refractivity contribution in [1.82, 2.24) is 19.8 Å². The van der Waals surface area contributed by atoms with E-state index in [-0.39, 0.29) is 35.2 Å². The van der Waals surface area contributed by atoms with E-state index in [2.05, 4.69) is 28.7 Å². The van der Waals surface area contributed by atoms with E-state index in [0.29, 0.717) is 19.0 Å². The van der Waals surface area contributed by atoms with Crippen molar-refractivity contribution in [3.8, 4) is 0 Å². The minimum absolute atomic E-state index is 0.0390. The monoisotopic (exact) mass is 352 g/mol. The number of aromatic nitrogens is 2. The molecule has 1 aromatic rings. The Labute approximate surface area is 143 Å². The SMILES string of the molecule is Cc1cnc(C(=O)N2CCN(CC(C)C)[C@@H]3CS(=O)(=O)C[C@@H]32)cn1. The van der Waals surface area contributed by atoms with Crippen molar-refractivity contribution in [2.24, 2.45) is 5.92 Å². The molecule has 3 heterocycles. The fourth-order valence-corrected chi connectivity index (χ4v) is 5.63. The second-order valence-corrected chi connectivity index (χ2v) is 9.30. The van der Waals surface area contributed by atoms with Crippen LogP contribution in [0.15, 0.2) is 12.4 Å². The number of piperazine rings is 1. The van der Waals surface area contributed by atoms with Crippen LogP contribution >= 0.6 is 0 Å². The molecule has 7 nitrogen and oxygen atoms in total. The second-order valence-electron chi connectivity index (χ2n) is 7.14. The van der Waals surface area contributed by atoms with Crippen LogP contribution in [0.25, 0.3) is 0 Å². The molecular formula is C16H24N4O3S. The third kappa shape index (κ3) is 3.44. The smallest absolute Gasteiger partial charge is 0.274 e. The van der Waals surface area contributed by atoms with Gasteiger partial charge in [-0.25, -0.2) is 13.4 Å². The predicted octanol–water partition coefficient (Wildman–Crippen LogP) is 0.364. The van der Waals surface area contributed by atoms with Crippen LogP contribution in [0.3, 0.4) is 0 Å². The van der Waals surface area contributed by atoms with Gasteiger partial charge in [-0.3, -0.25) is 14.7 Å². The van der Waals surface area contributed by atoms with Crippen LogP contribution in [-0.2, 0) is 9.84 Å². The van der Waals surface area contributed by atoms with Crippen LogP contribution < -0.4 is 0 Å². The largest absolute Gasteiger partial charge is 0.330 e. The molecule has 132 valence electrons. The maximum absolute atomic E-state index is 12.8. The quantitative estimate of drug-likeness (QED) is 0.781. The van der Waals surface area contributed by atoms with Crippen LogP contribution in [0, 0.1) is 12.8 Å². The highest BCUT2D eigenvalue weighted by molar-refractivity contribution is 7.91. The average molecular weight is 352 g/mol. The summed E-state index contributed by atoms with van der Waals surface area (Å²) in [7, 11) is -3.12. The van der Waals surface area contributed by atoms with Crippen molar-refractivity contribution >= 4 is 15.7 Å². The minimum atomic E-state index is -3.12. The molecule has 1 amide bonds. The lowest BCUT2D eigenvalue weighted by Crippen LogP contribution is -2.61. The molecule has 2 aliphatic heterocycles. The highest BCUT2D eigenvalue weighted by Gasteiger charge is 2.48. The topological polar surface area (TPSA) is 83.5 Å². The lowest BCUT2D eigenvalue weighted by atomic mass is 10.0. The van der Waals surface area contributed by atoms with Crippen molar-refractivity contribution in [2.45, 2.75) is 32.9 Å². The van der Waals surface area contributed by atoms with E-state index in [1.165, 1.54) is 6.20 Å². The third-order valence-corrected chi connectivity index (χ3v) is 6.35. The van der Waals surface area contributed by atoms with E-state index >= 15 is 0 Å². The fraction of sp³-hybridized carbons (Fsp3) is 0.688. The zero-order valence-corrected chi connectivity index (χ0v) is 15.2. The minimum Gasteiger partial charge on any atom is -0.330 e. The van der Waals surface area contributed by atoms with E-state index in [1.807, 2.05) is 6.92 Å². The zero-order chi connectivity index (χ0) is 17.5. The van der Waals surface area contributed by atoms with E-state index in [9.17, 15) is 13.2 Å². The summed E-state index contributed by atoms with van der Waals surface area (Å²) in [4.78, 5) is 25.0. The molecule has 2 aliphatic rings. The number of sulfone groups is 1. The molecule has 0 bridgehead atoms. The van der Waals surface area contributed by atoms with Gasteiger partial charge in [0.05, 0.1) is 29.4 Å². The fourth-order valence-electron chi connectivity index (χ4n) is 3.62. The molecule has 2 atom stereocenters. The summed E-state index contributed by atoms with van der Waals surface area (Å²) in [5.74, 6) is 0.406. The number of hydrogen-bond donors (Lipinski definition) is 0. The maximum Gasteiger partial charge on any atom is 0.274 e. The summed E-state index contributed by atoms with van der Waals surface area (Å²) in [6.45, 7) is 8.13. The first kappa shape index (κ1) is 17.3. The van der Waals surface area contributed by atoms with Crippen molar-refractivity contribution in [2.75, 3.05) is 31.1 Å². The molecule has 1 aromatic heterocycles. The molecule has 0 saturated carbocycles. The van der Waals surface area contributed by atoms with E-state index in [1.54, 1.807) is 11.1 Å². The maximum atomic E-state index is 12.8. The summed E-state index contributed by atoms with van der Waals surface area (Å²) >= 11 is 0. The van der Waals surface area contributed by atoms with Gasteiger partial charge in [0, 0.05) is 31.9 Å². The molecule has 0 unspecified atom stereocenters. The first-order chi connectivity index (χ1) is 11.3. The highest BCUT2D eigenvalue weighted by Crippen LogP contribution is 2.28. The summed E-state index contributed by atoms with van der Waals surface area (Å²) in [6, 6.07) is -0.411. The number of rotatable bonds is 3. The first-order valence-corrected chi connectivity index (χ1v) is 10.1. The van der Waals surface area contributed by atoms with Crippen LogP contribution in [0.4, 0.5) is 0 Å². The Morgan fingerprint density at radius 3 is 2.54 bits per heavy atom. The van der Waals surface area contributed by atoms with E-state index in [4.69, 9.17) is 0 Å². The molecule has 0 aromatic carbocycles. The summed E-state index contributed by atoms with van der Waals surface area (Å²) in [5.41, 5.74) is 1.02. The average Bonchev–Trinajstić information content (AvgIpc) is 2.83. The van der Waals surface area contributed by atoms with Crippen LogP contribution in [0.5, 0.6) is 0 Å². The molecule has 0 aliphatic carbocycles. The Hall–Kier alpha value is -1.54. The van der Waals surface area contributed by atoms with Gasteiger partial charge in [-0.2, -0.15) is 0 Å². The molecule has 24 heavy (non-hydrogen) atoms. The Balaban J connectivity index is 1.85. The highest BCUT2D eigenvalue weighted by atomic mass is 32.2. The van der Waals surface area contributed by atoms with Crippen molar-refractivity contribution < 1.29 is 13.2 Å². The number of aryl methyl sites for hydroxylation is 1. The summed E-state index contributed by atoms with van der Waals surface area (Å²) in [6.07, 6.45) is 3.03. The molecule has 8 heteroatoms. The number of amides is 1. The van der Waals surface area contributed by atoms with Gasteiger partial charge in [-0.1, -0.05) is 13.8 Å². The number of nitrogens with zero attached hydrogens (tertiary/aromatic N) is 4. The van der Waals surface area contributed by atoms with Crippen molar-refractivity contribution in [1.29, 1.82) is 0 Å². The first-order valence-electron chi connectivity index (χ1n) is 8.31. The van der Waals surface area contributed by atoms with Gasteiger partial charge >= 0.3 is 0 Å². The standard InChI is InChI=1S/C16H24N4O3S/c1-11(2)8-19-4-5-20(15-10-24(22,23)9-14(15)19)16(21)13-7-17-12(3)6-18-13/h6-7,11,14-15H,4-5,8-10H2,1-3H3/t14-,15+/m1/s1. The Morgan fingerprint density at radius 1 is 1.21 bits per heavy atom. The van der Waals surface area contributed by atoms with Crippen LogP contribution in [0.1, 0.15) is 30.0 Å². The number of fused-ring (bicyclic) bond motifs is 1. The molecule has 0 spiro atoms. The van der Waals surface area contributed by atoms with Gasteiger partial charge in [0.2, 0.25) is 0 Å². The number of carbonyl (C=O) groups excluding carboxylic acids is 1. The van der Waals surface area contributed by atoms with Crippen molar-refractivity contribution in [3.63, 3.8) is 0 Å². The number of carbonyl (C=O) groups is 1. The van der Waals surface area contributed by atoms with Crippen LogP contribution in [0.2, 0.25) is 0 Å². The Kier molecular flexibility index (Phi) is 4.61. The van der Waals surface area contributed by atoms with Gasteiger partial charge in [0.25, 0.3) is 5.91 Å². The molecule has 0 radical (unpaired) electrons. The van der Waals surface area contributed by atoms with Crippen LogP contribution in [-0.4, -0.2) is 77.3 Å². The van der Waals surface area contributed by atoms with Gasteiger partial charge in [0.1, 0.15) is 5.69 Å². The molecule has 2 fully saturated rings.